The first-order chi connectivity index (χ1) is 25.3. The number of epoxide rings is 1. The summed E-state index contributed by atoms with van der Waals surface area (Å²) in [5.41, 5.74) is 0.0739. The molecule has 18 heteroatoms. The number of alkyl halides is 4. The normalized spacial score (nSPS) is 19.5. The molecule has 2 heterocycles. The van der Waals surface area contributed by atoms with Crippen molar-refractivity contribution < 1.29 is 60.5 Å². The van der Waals surface area contributed by atoms with Crippen LogP contribution >= 0.6 is 0 Å². The molecule has 290 valence electrons. The summed E-state index contributed by atoms with van der Waals surface area (Å²) in [5, 5.41) is 9.52. The van der Waals surface area contributed by atoms with Gasteiger partial charge in [-0.15, -0.1) is 0 Å². The molecule has 2 aliphatic rings. The molecule has 53 heavy (non-hydrogen) atoms. The second kappa shape index (κ2) is 20.1. The van der Waals surface area contributed by atoms with Crippen LogP contribution in [0.3, 0.4) is 0 Å². The van der Waals surface area contributed by atoms with E-state index in [1.54, 1.807) is 60.7 Å². The Morgan fingerprint density at radius 2 is 1.13 bits per heavy atom. The third kappa shape index (κ3) is 13.8. The van der Waals surface area contributed by atoms with Crippen molar-refractivity contribution in [2.24, 2.45) is 0 Å². The summed E-state index contributed by atoms with van der Waals surface area (Å²) in [6.45, 7) is -5.63. The largest absolute Gasteiger partial charge is 0.379 e. The number of hydrogen-bond acceptors (Lipinski definition) is 10. The molecule has 0 aromatic heterocycles. The zero-order chi connectivity index (χ0) is 38.4. The number of hydrogen-bond donors (Lipinski definition) is 4. The van der Waals surface area contributed by atoms with Gasteiger partial charge in [0.25, 0.3) is 0 Å². The van der Waals surface area contributed by atoms with Crippen LogP contribution in [0.25, 0.3) is 0 Å². The maximum atomic E-state index is 13.6. The van der Waals surface area contributed by atoms with E-state index in [9.17, 15) is 41.5 Å². The van der Waals surface area contributed by atoms with E-state index in [0.717, 1.165) is 0 Å². The van der Waals surface area contributed by atoms with Crippen molar-refractivity contribution in [3.8, 4) is 0 Å². The molecule has 0 radical (unpaired) electrons. The van der Waals surface area contributed by atoms with Crippen molar-refractivity contribution >= 4 is 29.4 Å². The van der Waals surface area contributed by atoms with Gasteiger partial charge in [0.15, 0.2) is 5.78 Å². The van der Waals surface area contributed by atoms with Crippen LogP contribution in [0.15, 0.2) is 60.7 Å². The standard InChI is InChI=1S/C35H43F4N5O9/c1-35(21-53-35)29(46)24(16-22-8-4-2-5-9-22)41-31(48)26(19-51-33(36)37)43-32(49)27(20-52-34(38)39)42-30(47)25(17-23-10-6-3-7-11-23)40-28(45)18-44-12-14-50-15-13-44/h2-11,24-27,33-34H,12-21H2,1H3,(H,40,45)(H,41,48)(H,42,47)(H,43,49)/t24-,25?,26-,27-,35+/m0/s1. The van der Waals surface area contributed by atoms with Gasteiger partial charge < -0.3 is 40.2 Å². The fourth-order valence-corrected chi connectivity index (χ4v) is 5.46. The van der Waals surface area contributed by atoms with Crippen LogP contribution in [0, 0.1) is 0 Å². The predicted octanol–water partition coefficient (Wildman–Crippen LogP) is 0.580. The van der Waals surface area contributed by atoms with Gasteiger partial charge in [-0.25, -0.2) is 0 Å². The molecule has 4 amide bonds. The molecule has 2 aromatic carbocycles. The molecule has 0 aliphatic carbocycles. The summed E-state index contributed by atoms with van der Waals surface area (Å²) in [7, 11) is 0. The van der Waals surface area contributed by atoms with Crippen molar-refractivity contribution in [1.29, 1.82) is 0 Å². The number of carbonyl (C=O) groups excluding carboxylic acids is 5. The Kier molecular flexibility index (Phi) is 15.6. The molecule has 0 bridgehead atoms. The topological polar surface area (TPSA) is 177 Å². The summed E-state index contributed by atoms with van der Waals surface area (Å²) >= 11 is 0. The van der Waals surface area contributed by atoms with Crippen molar-refractivity contribution in [2.75, 3.05) is 52.7 Å². The van der Waals surface area contributed by atoms with E-state index in [1.165, 1.54) is 6.92 Å². The molecule has 2 saturated heterocycles. The number of morpholine rings is 1. The third-order valence-corrected chi connectivity index (χ3v) is 8.46. The van der Waals surface area contributed by atoms with Crippen LogP contribution in [-0.2, 0) is 55.8 Å². The molecule has 2 aliphatic heterocycles. The highest BCUT2D eigenvalue weighted by Gasteiger charge is 2.50. The van der Waals surface area contributed by atoms with Gasteiger partial charge in [0.2, 0.25) is 23.6 Å². The lowest BCUT2D eigenvalue weighted by molar-refractivity contribution is -0.154. The van der Waals surface area contributed by atoms with E-state index in [0.29, 0.717) is 37.4 Å². The predicted molar refractivity (Wildman–Crippen MR) is 179 cm³/mol. The van der Waals surface area contributed by atoms with E-state index in [4.69, 9.17) is 9.47 Å². The van der Waals surface area contributed by atoms with Crippen molar-refractivity contribution in [3.63, 3.8) is 0 Å². The molecule has 5 atom stereocenters. The SMILES string of the molecule is C[C@]1(C(=O)[C@H](Cc2ccccc2)NC(=O)[C@H](COC(F)F)NC(=O)[C@H](COC(F)F)NC(=O)C(Cc2ccccc2)NC(=O)CN2CCOCC2)CO1. The quantitative estimate of drug-likeness (QED) is 0.104. The Hall–Kier alpha value is -4.49. The second-order valence-corrected chi connectivity index (χ2v) is 12.6. The minimum absolute atomic E-state index is 0.0122. The molecule has 2 fully saturated rings. The molecule has 4 N–H and O–H groups in total. The van der Waals surface area contributed by atoms with E-state index in [2.05, 4.69) is 30.7 Å². The third-order valence-electron chi connectivity index (χ3n) is 8.46. The van der Waals surface area contributed by atoms with Gasteiger partial charge in [-0.1, -0.05) is 60.7 Å². The van der Waals surface area contributed by atoms with E-state index in [-0.39, 0.29) is 26.0 Å². The molecule has 0 saturated carbocycles. The zero-order valence-electron chi connectivity index (χ0n) is 28.9. The summed E-state index contributed by atoms with van der Waals surface area (Å²) in [6, 6.07) is 10.8. The van der Waals surface area contributed by atoms with E-state index < -0.39 is 85.6 Å². The number of nitrogens with one attached hydrogen (secondary N) is 4. The summed E-state index contributed by atoms with van der Waals surface area (Å²) < 4.78 is 71.9. The van der Waals surface area contributed by atoms with Crippen LogP contribution in [0.5, 0.6) is 0 Å². The maximum Gasteiger partial charge on any atom is 0.345 e. The molecule has 14 nitrogen and oxygen atoms in total. The van der Waals surface area contributed by atoms with Crippen LogP contribution < -0.4 is 21.3 Å². The van der Waals surface area contributed by atoms with E-state index >= 15 is 0 Å². The van der Waals surface area contributed by atoms with Crippen LogP contribution in [-0.4, -0.2) is 130 Å². The number of rotatable bonds is 21. The lowest BCUT2D eigenvalue weighted by atomic mass is 9.94. The molecule has 2 aromatic rings. The molecule has 1 unspecified atom stereocenters. The number of carbonyl (C=O) groups is 5. The van der Waals surface area contributed by atoms with Crippen molar-refractivity contribution in [2.45, 2.75) is 62.8 Å². The second-order valence-electron chi connectivity index (χ2n) is 12.6. The Morgan fingerprint density at radius 1 is 0.698 bits per heavy atom. The number of ketones is 1. The summed E-state index contributed by atoms with van der Waals surface area (Å²) in [4.78, 5) is 68.8. The highest BCUT2D eigenvalue weighted by Crippen LogP contribution is 2.29. The highest BCUT2D eigenvalue weighted by atomic mass is 19.3. The molecule has 4 rings (SSSR count). The number of nitrogens with zero attached hydrogens (tertiary/aromatic N) is 1. The van der Waals surface area contributed by atoms with Gasteiger partial charge in [0.05, 0.1) is 45.6 Å². The van der Waals surface area contributed by atoms with Gasteiger partial charge in [-0.05, 0) is 24.5 Å². The van der Waals surface area contributed by atoms with Crippen LogP contribution in [0.1, 0.15) is 18.1 Å². The lowest BCUT2D eigenvalue weighted by Crippen LogP contribution is -2.61. The zero-order valence-corrected chi connectivity index (χ0v) is 28.9. The fourth-order valence-electron chi connectivity index (χ4n) is 5.46. The Labute approximate surface area is 303 Å². The Morgan fingerprint density at radius 3 is 1.58 bits per heavy atom. The van der Waals surface area contributed by atoms with Gasteiger partial charge >= 0.3 is 13.2 Å². The maximum absolute atomic E-state index is 13.6. The molecule has 0 spiro atoms. The summed E-state index contributed by atoms with van der Waals surface area (Å²) in [5.74, 6) is -4.39. The Balaban J connectivity index is 1.51. The van der Waals surface area contributed by atoms with Crippen molar-refractivity contribution in [1.82, 2.24) is 26.2 Å². The van der Waals surface area contributed by atoms with Crippen molar-refractivity contribution in [3.05, 3.63) is 71.8 Å². The number of ether oxygens (including phenoxy) is 4. The molecular weight excluding hydrogens is 710 g/mol. The first-order valence-electron chi connectivity index (χ1n) is 16.9. The first-order valence-corrected chi connectivity index (χ1v) is 16.9. The summed E-state index contributed by atoms with van der Waals surface area (Å²) in [6.07, 6.45) is -0.0694. The minimum atomic E-state index is -3.38. The van der Waals surface area contributed by atoms with E-state index in [1.807, 2.05) is 4.90 Å². The average Bonchev–Trinajstić information content (AvgIpc) is 3.89. The average molecular weight is 754 g/mol. The van der Waals surface area contributed by atoms with Crippen LogP contribution in [0.2, 0.25) is 0 Å². The van der Waals surface area contributed by atoms with Gasteiger partial charge in [-0.3, -0.25) is 28.9 Å². The number of Topliss-reactive ketones (excluding diaryl/α,β-unsaturated/α-hetero) is 1. The van der Waals surface area contributed by atoms with Crippen LogP contribution in [0.4, 0.5) is 17.6 Å². The molecular formula is C35H43F4N5O9. The Bertz CT molecular complexity index is 1520. The van der Waals surface area contributed by atoms with Gasteiger partial charge in [0.1, 0.15) is 23.7 Å². The number of benzene rings is 2. The first kappa shape index (κ1) is 41.3. The number of halogens is 4. The van der Waals surface area contributed by atoms with Gasteiger partial charge in [0, 0.05) is 19.5 Å². The monoisotopic (exact) mass is 753 g/mol. The lowest BCUT2D eigenvalue weighted by Gasteiger charge is -2.28. The smallest absolute Gasteiger partial charge is 0.345 e. The fraction of sp³-hybridized carbons (Fsp3) is 0.514. The van der Waals surface area contributed by atoms with Gasteiger partial charge in [-0.2, -0.15) is 17.6 Å². The minimum Gasteiger partial charge on any atom is -0.379 e. The number of amides is 4. The highest BCUT2D eigenvalue weighted by molar-refractivity contribution is 5.99.